The van der Waals surface area contributed by atoms with Crippen LogP contribution in [-0.2, 0) is 0 Å². The summed E-state index contributed by atoms with van der Waals surface area (Å²) in [6.07, 6.45) is 5.41. The Morgan fingerprint density at radius 1 is 1.36 bits per heavy atom. The molecule has 0 bridgehead atoms. The van der Waals surface area contributed by atoms with Gasteiger partial charge in [-0.1, -0.05) is 0 Å². The van der Waals surface area contributed by atoms with Crippen molar-refractivity contribution >= 4 is 17.6 Å². The number of rotatable bonds is 5. The van der Waals surface area contributed by atoms with Gasteiger partial charge in [0.2, 0.25) is 0 Å². The number of amides is 1. The molecule has 22 heavy (non-hydrogen) atoms. The monoisotopic (exact) mass is 301 g/mol. The van der Waals surface area contributed by atoms with Crippen molar-refractivity contribution in [2.45, 2.75) is 18.9 Å². The molecule has 1 aromatic carbocycles. The highest BCUT2D eigenvalue weighted by molar-refractivity contribution is 6.05. The Morgan fingerprint density at radius 3 is 2.77 bits per heavy atom. The summed E-state index contributed by atoms with van der Waals surface area (Å²) in [5.74, 6) is -1.07. The molecule has 2 N–H and O–H groups in total. The number of carbonyl (C=O) groups is 2. The van der Waals surface area contributed by atoms with Gasteiger partial charge in [-0.3, -0.25) is 9.48 Å². The largest absolute Gasteiger partial charge is 0.495 e. The van der Waals surface area contributed by atoms with Crippen LogP contribution >= 0.6 is 0 Å². The number of aromatic nitrogens is 2. The SMILES string of the molecule is COc1cc(C(=O)O)ccc1NC(=O)c1cnn(C2CC2)c1. The molecule has 7 heteroatoms. The van der Waals surface area contributed by atoms with Crippen molar-refractivity contribution in [3.63, 3.8) is 0 Å². The molecular weight excluding hydrogens is 286 g/mol. The highest BCUT2D eigenvalue weighted by Gasteiger charge is 2.25. The van der Waals surface area contributed by atoms with Crippen LogP contribution in [0, 0.1) is 0 Å². The first-order chi connectivity index (χ1) is 10.6. The molecule has 1 aromatic heterocycles. The Labute approximate surface area is 126 Å². The van der Waals surface area contributed by atoms with Gasteiger partial charge in [0, 0.05) is 6.20 Å². The summed E-state index contributed by atoms with van der Waals surface area (Å²) in [4.78, 5) is 23.2. The van der Waals surface area contributed by atoms with E-state index in [0.717, 1.165) is 12.8 Å². The van der Waals surface area contributed by atoms with Crippen molar-refractivity contribution in [2.24, 2.45) is 0 Å². The molecule has 0 atom stereocenters. The number of aromatic carboxylic acids is 1. The first kappa shape index (κ1) is 14.1. The van der Waals surface area contributed by atoms with Crippen LogP contribution in [0.25, 0.3) is 0 Å². The normalized spacial score (nSPS) is 13.7. The van der Waals surface area contributed by atoms with Crippen LogP contribution in [0.1, 0.15) is 39.6 Å². The average Bonchev–Trinajstić information content (AvgIpc) is 3.24. The van der Waals surface area contributed by atoms with Crippen molar-refractivity contribution in [3.8, 4) is 5.75 Å². The van der Waals surface area contributed by atoms with Crippen LogP contribution in [0.15, 0.2) is 30.6 Å². The van der Waals surface area contributed by atoms with Crippen molar-refractivity contribution in [2.75, 3.05) is 12.4 Å². The maximum absolute atomic E-state index is 12.2. The van der Waals surface area contributed by atoms with Gasteiger partial charge in [-0.05, 0) is 31.0 Å². The van der Waals surface area contributed by atoms with E-state index in [0.29, 0.717) is 23.0 Å². The molecule has 1 heterocycles. The van der Waals surface area contributed by atoms with Crippen molar-refractivity contribution < 1.29 is 19.4 Å². The number of benzene rings is 1. The lowest BCUT2D eigenvalue weighted by Crippen LogP contribution is -2.12. The summed E-state index contributed by atoms with van der Waals surface area (Å²) in [5, 5.41) is 15.8. The zero-order valence-corrected chi connectivity index (χ0v) is 11.9. The number of hydrogen-bond acceptors (Lipinski definition) is 4. The van der Waals surface area contributed by atoms with Crippen LogP contribution < -0.4 is 10.1 Å². The molecule has 1 aliphatic rings. The molecule has 0 unspecified atom stereocenters. The van der Waals surface area contributed by atoms with E-state index >= 15 is 0 Å². The van der Waals surface area contributed by atoms with Crippen LogP contribution in [0.2, 0.25) is 0 Å². The number of methoxy groups -OCH3 is 1. The number of carbonyl (C=O) groups excluding carboxylic acids is 1. The molecule has 2 aromatic rings. The average molecular weight is 301 g/mol. The number of nitrogens with zero attached hydrogens (tertiary/aromatic N) is 2. The maximum Gasteiger partial charge on any atom is 0.335 e. The second-order valence-electron chi connectivity index (χ2n) is 5.11. The summed E-state index contributed by atoms with van der Waals surface area (Å²) in [6, 6.07) is 4.69. The molecule has 1 amide bonds. The number of carboxylic acids is 1. The predicted octanol–water partition coefficient (Wildman–Crippen LogP) is 2.18. The van der Waals surface area contributed by atoms with E-state index in [1.807, 2.05) is 0 Å². The molecule has 3 rings (SSSR count). The first-order valence-corrected chi connectivity index (χ1v) is 6.85. The predicted molar refractivity (Wildman–Crippen MR) is 78.4 cm³/mol. The molecule has 1 fully saturated rings. The minimum atomic E-state index is -1.05. The van der Waals surface area contributed by atoms with Gasteiger partial charge in [0.25, 0.3) is 5.91 Å². The third-order valence-corrected chi connectivity index (χ3v) is 3.48. The number of nitrogens with one attached hydrogen (secondary N) is 1. The van der Waals surface area contributed by atoms with Gasteiger partial charge >= 0.3 is 5.97 Å². The number of anilines is 1. The fourth-order valence-electron chi connectivity index (χ4n) is 2.12. The molecule has 1 saturated carbocycles. The van der Waals surface area contributed by atoms with E-state index in [1.54, 1.807) is 10.9 Å². The summed E-state index contributed by atoms with van der Waals surface area (Å²) < 4.78 is 6.92. The van der Waals surface area contributed by atoms with E-state index in [9.17, 15) is 9.59 Å². The lowest BCUT2D eigenvalue weighted by atomic mass is 10.2. The molecule has 7 nitrogen and oxygen atoms in total. The molecule has 0 aliphatic heterocycles. The fraction of sp³-hybridized carbons (Fsp3) is 0.267. The van der Waals surface area contributed by atoms with E-state index in [4.69, 9.17) is 9.84 Å². The Balaban J connectivity index is 1.78. The smallest absolute Gasteiger partial charge is 0.335 e. The van der Waals surface area contributed by atoms with Crippen molar-refractivity contribution in [3.05, 3.63) is 41.7 Å². The Morgan fingerprint density at radius 2 is 2.14 bits per heavy atom. The second-order valence-corrected chi connectivity index (χ2v) is 5.11. The lowest BCUT2D eigenvalue weighted by Gasteiger charge is -2.10. The highest BCUT2D eigenvalue weighted by Crippen LogP contribution is 2.34. The van der Waals surface area contributed by atoms with Gasteiger partial charge in [-0.15, -0.1) is 0 Å². The van der Waals surface area contributed by atoms with Crippen LogP contribution in [0.3, 0.4) is 0 Å². The molecule has 0 spiro atoms. The standard InChI is InChI=1S/C15H15N3O4/c1-22-13-6-9(15(20)21)2-5-12(13)17-14(19)10-7-16-18(8-10)11-3-4-11/h2,5-8,11H,3-4H2,1H3,(H,17,19)(H,20,21). The van der Waals surface area contributed by atoms with Gasteiger partial charge in [0.05, 0.1) is 36.2 Å². The van der Waals surface area contributed by atoms with Crippen molar-refractivity contribution in [1.29, 1.82) is 0 Å². The van der Waals surface area contributed by atoms with Gasteiger partial charge in [0.1, 0.15) is 5.75 Å². The minimum Gasteiger partial charge on any atom is -0.495 e. The second kappa shape index (κ2) is 5.51. The molecule has 0 radical (unpaired) electrons. The topological polar surface area (TPSA) is 93.4 Å². The van der Waals surface area contributed by atoms with Gasteiger partial charge < -0.3 is 15.2 Å². The quantitative estimate of drug-likeness (QED) is 0.882. The summed E-state index contributed by atoms with van der Waals surface area (Å²) in [5.41, 5.74) is 0.962. The van der Waals surface area contributed by atoms with E-state index in [1.165, 1.54) is 31.5 Å². The summed E-state index contributed by atoms with van der Waals surface area (Å²) in [6.45, 7) is 0. The Kier molecular flexibility index (Phi) is 3.54. The minimum absolute atomic E-state index is 0.0939. The Hall–Kier alpha value is -2.83. The van der Waals surface area contributed by atoms with Crippen LogP contribution in [-0.4, -0.2) is 33.9 Å². The van der Waals surface area contributed by atoms with Gasteiger partial charge in [-0.2, -0.15) is 5.10 Å². The maximum atomic E-state index is 12.2. The van der Waals surface area contributed by atoms with Gasteiger partial charge in [0.15, 0.2) is 0 Å². The zero-order chi connectivity index (χ0) is 15.7. The molecule has 114 valence electrons. The summed E-state index contributed by atoms with van der Waals surface area (Å²) >= 11 is 0. The van der Waals surface area contributed by atoms with E-state index in [-0.39, 0.29) is 11.5 Å². The number of hydrogen-bond donors (Lipinski definition) is 2. The van der Waals surface area contributed by atoms with E-state index < -0.39 is 5.97 Å². The van der Waals surface area contributed by atoms with Gasteiger partial charge in [-0.25, -0.2) is 4.79 Å². The van der Waals surface area contributed by atoms with Crippen molar-refractivity contribution in [1.82, 2.24) is 9.78 Å². The number of carboxylic acid groups (broad SMARTS) is 1. The third kappa shape index (κ3) is 2.78. The first-order valence-electron chi connectivity index (χ1n) is 6.85. The van der Waals surface area contributed by atoms with Crippen LogP contribution in [0.4, 0.5) is 5.69 Å². The fourth-order valence-corrected chi connectivity index (χ4v) is 2.12. The molecular formula is C15H15N3O4. The lowest BCUT2D eigenvalue weighted by molar-refractivity contribution is 0.0696. The Bertz CT molecular complexity index is 734. The zero-order valence-electron chi connectivity index (χ0n) is 11.9. The third-order valence-electron chi connectivity index (χ3n) is 3.48. The molecule has 0 saturated heterocycles. The van der Waals surface area contributed by atoms with Crippen LogP contribution in [0.5, 0.6) is 5.75 Å². The van der Waals surface area contributed by atoms with E-state index in [2.05, 4.69) is 10.4 Å². The molecule has 1 aliphatic carbocycles. The highest BCUT2D eigenvalue weighted by atomic mass is 16.5. The number of ether oxygens (including phenoxy) is 1. The summed E-state index contributed by atoms with van der Waals surface area (Å²) in [7, 11) is 1.42.